The second-order valence-electron chi connectivity index (χ2n) is 6.47. The van der Waals surface area contributed by atoms with Gasteiger partial charge in [-0.3, -0.25) is 9.59 Å². The van der Waals surface area contributed by atoms with Gasteiger partial charge in [0, 0.05) is 38.8 Å². The number of nitrogens with zero attached hydrogens (tertiary/aromatic N) is 2. The van der Waals surface area contributed by atoms with Crippen LogP contribution in [0.2, 0.25) is 0 Å². The van der Waals surface area contributed by atoms with Crippen molar-refractivity contribution in [3.05, 3.63) is 60.2 Å². The molecule has 5 nitrogen and oxygen atoms in total. The van der Waals surface area contributed by atoms with E-state index < -0.39 is 0 Å². The highest BCUT2D eigenvalue weighted by molar-refractivity contribution is 6.06. The minimum atomic E-state index is -0.221. The normalized spacial score (nSPS) is 14.1. The molecule has 3 rings (SSSR count). The summed E-state index contributed by atoms with van der Waals surface area (Å²) in [5, 5.41) is 2.88. The van der Waals surface area contributed by atoms with Crippen LogP contribution in [0.5, 0.6) is 0 Å². The summed E-state index contributed by atoms with van der Waals surface area (Å²) in [5.41, 5.74) is 3.47. The van der Waals surface area contributed by atoms with E-state index in [0.29, 0.717) is 18.7 Å². The third kappa shape index (κ3) is 4.11. The summed E-state index contributed by atoms with van der Waals surface area (Å²) in [6, 6.07) is 15.4. The number of anilines is 3. The largest absolute Gasteiger partial charge is 0.378 e. The van der Waals surface area contributed by atoms with Crippen molar-refractivity contribution < 1.29 is 9.59 Å². The summed E-state index contributed by atoms with van der Waals surface area (Å²) in [5.74, 6) is -0.121. The Morgan fingerprint density at radius 1 is 1.12 bits per heavy atom. The molecule has 0 radical (unpaired) electrons. The molecule has 1 N–H and O–H groups in total. The lowest BCUT2D eigenvalue weighted by molar-refractivity contribution is -0.117. The maximum absolute atomic E-state index is 12.3. The van der Waals surface area contributed by atoms with Crippen molar-refractivity contribution in [2.45, 2.75) is 12.8 Å². The Morgan fingerprint density at radius 2 is 1.85 bits per heavy atom. The molecule has 5 heteroatoms. The molecule has 0 aromatic heterocycles. The molecule has 2 amide bonds. The van der Waals surface area contributed by atoms with E-state index in [0.717, 1.165) is 23.4 Å². The zero-order valence-electron chi connectivity index (χ0n) is 15.1. The first kappa shape index (κ1) is 17.7. The molecule has 1 aliphatic rings. The number of hydrogen-bond acceptors (Lipinski definition) is 3. The lowest BCUT2D eigenvalue weighted by atomic mass is 10.2. The van der Waals surface area contributed by atoms with Crippen molar-refractivity contribution in [3.63, 3.8) is 0 Å². The smallest absolute Gasteiger partial charge is 0.248 e. The zero-order chi connectivity index (χ0) is 18.5. The van der Waals surface area contributed by atoms with E-state index in [1.165, 1.54) is 6.08 Å². The van der Waals surface area contributed by atoms with Crippen LogP contribution in [0.1, 0.15) is 18.4 Å². The Hall–Kier alpha value is -3.08. The molecule has 0 aliphatic carbocycles. The average Bonchev–Trinajstić information content (AvgIpc) is 3.06. The Kier molecular flexibility index (Phi) is 5.37. The second kappa shape index (κ2) is 7.87. The minimum absolute atomic E-state index is 0.100. The predicted molar refractivity (Wildman–Crippen MR) is 106 cm³/mol. The summed E-state index contributed by atoms with van der Waals surface area (Å²) < 4.78 is 0. The summed E-state index contributed by atoms with van der Waals surface area (Å²) in [6.07, 6.45) is 4.70. The first-order valence-corrected chi connectivity index (χ1v) is 8.70. The summed E-state index contributed by atoms with van der Waals surface area (Å²) >= 11 is 0. The molecule has 26 heavy (non-hydrogen) atoms. The van der Waals surface area contributed by atoms with E-state index in [2.05, 4.69) is 5.32 Å². The molecule has 134 valence electrons. The minimum Gasteiger partial charge on any atom is -0.378 e. The van der Waals surface area contributed by atoms with Crippen LogP contribution in [0.4, 0.5) is 17.1 Å². The van der Waals surface area contributed by atoms with Gasteiger partial charge in [0.15, 0.2) is 0 Å². The van der Waals surface area contributed by atoms with Crippen molar-refractivity contribution in [3.8, 4) is 0 Å². The van der Waals surface area contributed by atoms with Crippen molar-refractivity contribution in [1.29, 1.82) is 0 Å². The number of nitrogens with one attached hydrogen (secondary N) is 1. The lowest BCUT2D eigenvalue weighted by Crippen LogP contribution is -2.25. The maximum atomic E-state index is 12.3. The van der Waals surface area contributed by atoms with E-state index in [1.54, 1.807) is 11.0 Å². The first-order valence-electron chi connectivity index (χ1n) is 8.70. The third-order valence-corrected chi connectivity index (χ3v) is 4.36. The molecule has 1 saturated heterocycles. The molecule has 0 saturated carbocycles. The molecule has 2 aromatic rings. The highest BCUT2D eigenvalue weighted by Crippen LogP contribution is 2.29. The van der Waals surface area contributed by atoms with Crippen molar-refractivity contribution >= 4 is 35.0 Å². The van der Waals surface area contributed by atoms with Gasteiger partial charge in [-0.1, -0.05) is 24.3 Å². The summed E-state index contributed by atoms with van der Waals surface area (Å²) in [6.45, 7) is 0.694. The van der Waals surface area contributed by atoms with E-state index in [9.17, 15) is 9.59 Å². The number of para-hydroxylation sites is 2. The number of carbonyl (C=O) groups excluding carboxylic acids is 2. The molecule has 1 fully saturated rings. The molecule has 1 heterocycles. The third-order valence-electron chi connectivity index (χ3n) is 4.36. The summed E-state index contributed by atoms with van der Waals surface area (Å²) in [4.78, 5) is 28.1. The fraction of sp³-hybridized carbons (Fsp3) is 0.238. The number of carbonyl (C=O) groups is 2. The monoisotopic (exact) mass is 349 g/mol. The fourth-order valence-corrected chi connectivity index (χ4v) is 2.95. The van der Waals surface area contributed by atoms with Crippen molar-refractivity contribution in [2.24, 2.45) is 0 Å². The lowest BCUT2D eigenvalue weighted by Gasteiger charge is -2.19. The van der Waals surface area contributed by atoms with E-state index >= 15 is 0 Å². The van der Waals surface area contributed by atoms with Gasteiger partial charge in [-0.15, -0.1) is 0 Å². The average molecular weight is 349 g/mol. The van der Waals surface area contributed by atoms with Gasteiger partial charge in [-0.25, -0.2) is 0 Å². The van der Waals surface area contributed by atoms with Gasteiger partial charge >= 0.3 is 0 Å². The summed E-state index contributed by atoms with van der Waals surface area (Å²) in [7, 11) is 3.97. The number of benzene rings is 2. The van der Waals surface area contributed by atoms with E-state index in [4.69, 9.17) is 0 Å². The fourth-order valence-electron chi connectivity index (χ4n) is 2.95. The molecule has 0 unspecified atom stereocenters. The topological polar surface area (TPSA) is 52.7 Å². The first-order chi connectivity index (χ1) is 12.5. The van der Waals surface area contributed by atoms with Crippen molar-refractivity contribution in [1.82, 2.24) is 0 Å². The van der Waals surface area contributed by atoms with Crippen LogP contribution in [-0.4, -0.2) is 32.5 Å². The molecule has 2 aromatic carbocycles. The van der Waals surface area contributed by atoms with Gasteiger partial charge in [0.2, 0.25) is 11.8 Å². The quantitative estimate of drug-likeness (QED) is 0.840. The van der Waals surface area contributed by atoms with E-state index in [1.807, 2.05) is 67.5 Å². The molecule has 1 aliphatic heterocycles. The number of amides is 2. The Bertz CT molecular complexity index is 825. The van der Waals surface area contributed by atoms with E-state index in [-0.39, 0.29) is 11.8 Å². The van der Waals surface area contributed by atoms with Crippen LogP contribution in [0.3, 0.4) is 0 Å². The van der Waals surface area contributed by atoms with Gasteiger partial charge in [0.25, 0.3) is 0 Å². The second-order valence-corrected chi connectivity index (χ2v) is 6.47. The van der Waals surface area contributed by atoms with Crippen LogP contribution < -0.4 is 15.1 Å². The predicted octanol–water partition coefficient (Wildman–Crippen LogP) is 3.53. The van der Waals surface area contributed by atoms with Gasteiger partial charge in [0.1, 0.15) is 0 Å². The maximum Gasteiger partial charge on any atom is 0.248 e. The SMILES string of the molecule is CN(C)c1ccc(/C=C/C(=O)Nc2ccccc2N2CCCC2=O)cc1. The van der Waals surface area contributed by atoms with Crippen LogP contribution in [0.25, 0.3) is 6.08 Å². The number of rotatable bonds is 5. The Balaban J connectivity index is 1.69. The highest BCUT2D eigenvalue weighted by atomic mass is 16.2. The zero-order valence-corrected chi connectivity index (χ0v) is 15.1. The molecule has 0 bridgehead atoms. The molecule has 0 spiro atoms. The molecular formula is C21H23N3O2. The highest BCUT2D eigenvalue weighted by Gasteiger charge is 2.23. The Morgan fingerprint density at radius 3 is 2.50 bits per heavy atom. The van der Waals surface area contributed by atoms with Gasteiger partial charge < -0.3 is 15.1 Å². The van der Waals surface area contributed by atoms with Gasteiger partial charge in [-0.2, -0.15) is 0 Å². The molecular weight excluding hydrogens is 326 g/mol. The van der Waals surface area contributed by atoms with Gasteiger partial charge in [-0.05, 0) is 42.3 Å². The van der Waals surface area contributed by atoms with Gasteiger partial charge in [0.05, 0.1) is 11.4 Å². The number of hydrogen-bond donors (Lipinski definition) is 1. The van der Waals surface area contributed by atoms with Crippen molar-refractivity contribution in [2.75, 3.05) is 35.8 Å². The molecule has 0 atom stereocenters. The van der Waals surface area contributed by atoms with Crippen LogP contribution >= 0.6 is 0 Å². The van der Waals surface area contributed by atoms with Crippen LogP contribution in [0, 0.1) is 0 Å². The Labute approximate surface area is 153 Å². The van der Waals surface area contributed by atoms with Crippen LogP contribution in [0.15, 0.2) is 54.6 Å². The standard InChI is InChI=1S/C21H23N3O2/c1-23(2)17-12-9-16(10-13-17)11-14-20(25)22-18-6-3-4-7-19(18)24-15-5-8-21(24)26/h3-4,6-7,9-14H,5,8,15H2,1-2H3,(H,22,25)/b14-11+. The van der Waals surface area contributed by atoms with Crippen LogP contribution in [-0.2, 0) is 9.59 Å².